The van der Waals surface area contributed by atoms with Crippen molar-refractivity contribution in [3.05, 3.63) is 53.5 Å². The van der Waals surface area contributed by atoms with E-state index in [-0.39, 0.29) is 29.8 Å². The molecule has 2 amide bonds. The Balaban J connectivity index is 1.50. The number of urea groups is 1. The van der Waals surface area contributed by atoms with Crippen molar-refractivity contribution in [2.75, 3.05) is 0 Å². The summed E-state index contributed by atoms with van der Waals surface area (Å²) < 4.78 is 19.4. The molecule has 136 valence electrons. The summed E-state index contributed by atoms with van der Waals surface area (Å²) in [7, 11) is 0. The van der Waals surface area contributed by atoms with Crippen LogP contribution in [-0.4, -0.2) is 23.9 Å². The maximum Gasteiger partial charge on any atom is 0.319 e. The van der Waals surface area contributed by atoms with Gasteiger partial charge in [-0.1, -0.05) is 18.2 Å². The number of nitrogens with zero attached hydrogens (tertiary/aromatic N) is 1. The summed E-state index contributed by atoms with van der Waals surface area (Å²) in [6.45, 7) is 3.85. The van der Waals surface area contributed by atoms with Gasteiger partial charge in [0.05, 0.1) is 18.0 Å². The fourth-order valence-corrected chi connectivity index (χ4v) is 3.61. The van der Waals surface area contributed by atoms with Crippen LogP contribution in [0.3, 0.4) is 0 Å². The van der Waals surface area contributed by atoms with Gasteiger partial charge in [0, 0.05) is 30.0 Å². The molecule has 4 rings (SSSR count). The molecule has 0 bridgehead atoms. The van der Waals surface area contributed by atoms with Crippen LogP contribution in [0.4, 0.5) is 9.18 Å². The van der Waals surface area contributed by atoms with E-state index in [1.54, 1.807) is 12.3 Å². The van der Waals surface area contributed by atoms with Gasteiger partial charge >= 0.3 is 6.03 Å². The number of halogens is 1. The SMILES string of the molecule is CC1(C)C[C@@H](NC(=O)NC2=CC=CC3NN=CC23)c2ccc(F)cc2O1. The number of hydrazone groups is 1. The molecule has 0 saturated carbocycles. The van der Waals surface area contributed by atoms with E-state index >= 15 is 0 Å². The number of amides is 2. The van der Waals surface area contributed by atoms with Crippen molar-refractivity contribution < 1.29 is 13.9 Å². The standard InChI is InChI=1S/C19H21FN4O2/c1-19(2)9-16(12-7-6-11(20)8-17(12)26-19)23-18(25)22-14-4-3-5-15-13(14)10-21-24-15/h3-8,10,13,15-16,24H,9H2,1-2H3,(H2,22,23,25)/t13?,15?,16-/m1/s1. The minimum atomic E-state index is -0.501. The predicted octanol–water partition coefficient (Wildman–Crippen LogP) is 2.75. The number of fused-ring (bicyclic) bond motifs is 2. The van der Waals surface area contributed by atoms with Gasteiger partial charge in [-0.05, 0) is 26.0 Å². The molecular weight excluding hydrogens is 335 g/mol. The molecule has 6 nitrogen and oxygen atoms in total. The highest BCUT2D eigenvalue weighted by molar-refractivity contribution is 5.79. The van der Waals surface area contributed by atoms with Gasteiger partial charge in [-0.15, -0.1) is 0 Å². The van der Waals surface area contributed by atoms with Crippen LogP contribution >= 0.6 is 0 Å². The number of allylic oxidation sites excluding steroid dienone is 2. The minimum absolute atomic E-state index is 0.0123. The Bertz CT molecular complexity index is 831. The van der Waals surface area contributed by atoms with E-state index in [0.29, 0.717) is 12.2 Å². The van der Waals surface area contributed by atoms with Crippen molar-refractivity contribution in [3.8, 4) is 5.75 Å². The van der Waals surface area contributed by atoms with E-state index in [0.717, 1.165) is 11.3 Å². The van der Waals surface area contributed by atoms with E-state index in [4.69, 9.17) is 4.74 Å². The van der Waals surface area contributed by atoms with E-state index in [9.17, 15) is 9.18 Å². The molecule has 1 aromatic rings. The van der Waals surface area contributed by atoms with Gasteiger partial charge in [0.25, 0.3) is 0 Å². The number of hydrogen-bond acceptors (Lipinski definition) is 4. The average molecular weight is 356 g/mol. The van der Waals surface area contributed by atoms with Crippen LogP contribution in [0.1, 0.15) is 31.9 Å². The van der Waals surface area contributed by atoms with E-state index < -0.39 is 5.60 Å². The van der Waals surface area contributed by atoms with Crippen LogP contribution in [0, 0.1) is 11.7 Å². The van der Waals surface area contributed by atoms with Crippen molar-refractivity contribution in [3.63, 3.8) is 0 Å². The molecule has 0 spiro atoms. The van der Waals surface area contributed by atoms with Crippen LogP contribution in [0.25, 0.3) is 0 Å². The largest absolute Gasteiger partial charge is 0.487 e. The van der Waals surface area contributed by atoms with Gasteiger partial charge in [-0.2, -0.15) is 5.10 Å². The van der Waals surface area contributed by atoms with Gasteiger partial charge in [0.1, 0.15) is 17.2 Å². The zero-order valence-electron chi connectivity index (χ0n) is 14.6. The number of benzene rings is 1. The third-order valence-electron chi connectivity index (χ3n) is 4.80. The van der Waals surface area contributed by atoms with E-state index in [1.165, 1.54) is 12.1 Å². The monoisotopic (exact) mass is 356 g/mol. The fraction of sp³-hybridized carbons (Fsp3) is 0.368. The van der Waals surface area contributed by atoms with Crippen molar-refractivity contribution >= 4 is 12.2 Å². The molecule has 2 aliphatic heterocycles. The second kappa shape index (κ2) is 6.16. The Hall–Kier alpha value is -2.83. The first-order valence-corrected chi connectivity index (χ1v) is 8.64. The number of carbonyl (C=O) groups is 1. The zero-order chi connectivity index (χ0) is 18.3. The summed E-state index contributed by atoms with van der Waals surface area (Å²) in [6.07, 6.45) is 8.15. The third kappa shape index (κ3) is 3.16. The summed E-state index contributed by atoms with van der Waals surface area (Å²) in [5, 5.41) is 9.98. The molecule has 2 heterocycles. The summed E-state index contributed by atoms with van der Waals surface area (Å²) in [5.41, 5.74) is 4.05. The maximum absolute atomic E-state index is 13.6. The van der Waals surface area contributed by atoms with Gasteiger partial charge in [-0.25, -0.2) is 9.18 Å². The number of carbonyl (C=O) groups excluding carboxylic acids is 1. The number of rotatable bonds is 2. The molecule has 3 N–H and O–H groups in total. The Labute approximate surface area is 151 Å². The molecule has 0 saturated heterocycles. The summed E-state index contributed by atoms with van der Waals surface area (Å²) in [5.74, 6) is 0.125. The van der Waals surface area contributed by atoms with Crippen LogP contribution in [0.5, 0.6) is 5.75 Å². The number of nitrogens with one attached hydrogen (secondary N) is 3. The first-order chi connectivity index (χ1) is 12.4. The highest BCUT2D eigenvalue weighted by Crippen LogP contribution is 2.39. The normalized spacial score (nSPS) is 27.5. The van der Waals surface area contributed by atoms with Crippen LogP contribution in [0.2, 0.25) is 0 Å². The molecule has 26 heavy (non-hydrogen) atoms. The lowest BCUT2D eigenvalue weighted by Crippen LogP contribution is -2.46. The Morgan fingerprint density at radius 1 is 1.42 bits per heavy atom. The van der Waals surface area contributed by atoms with E-state index in [1.807, 2.05) is 32.1 Å². The van der Waals surface area contributed by atoms with Gasteiger partial charge in [-0.3, -0.25) is 0 Å². The molecule has 1 aliphatic carbocycles. The predicted molar refractivity (Wildman–Crippen MR) is 96.3 cm³/mol. The number of hydrogen-bond donors (Lipinski definition) is 3. The summed E-state index contributed by atoms with van der Waals surface area (Å²) in [4.78, 5) is 12.6. The first-order valence-electron chi connectivity index (χ1n) is 8.64. The Morgan fingerprint density at radius 2 is 2.27 bits per heavy atom. The van der Waals surface area contributed by atoms with Crippen LogP contribution < -0.4 is 20.8 Å². The molecule has 1 aromatic carbocycles. The first kappa shape index (κ1) is 16.6. The molecule has 2 unspecified atom stereocenters. The maximum atomic E-state index is 13.6. The number of ether oxygens (including phenoxy) is 1. The molecule has 0 fully saturated rings. The summed E-state index contributed by atoms with van der Waals surface area (Å²) >= 11 is 0. The second-order valence-corrected chi connectivity index (χ2v) is 7.36. The van der Waals surface area contributed by atoms with Crippen LogP contribution in [0.15, 0.2) is 47.2 Å². The van der Waals surface area contributed by atoms with Crippen molar-refractivity contribution in [1.82, 2.24) is 16.1 Å². The van der Waals surface area contributed by atoms with Crippen LogP contribution in [-0.2, 0) is 0 Å². The van der Waals surface area contributed by atoms with Crippen molar-refractivity contribution in [2.45, 2.75) is 38.0 Å². The van der Waals surface area contributed by atoms with Crippen molar-refractivity contribution in [2.24, 2.45) is 11.0 Å². The van der Waals surface area contributed by atoms with Gasteiger partial charge in [0.2, 0.25) is 0 Å². The smallest absolute Gasteiger partial charge is 0.319 e. The molecule has 0 radical (unpaired) electrons. The molecule has 0 aromatic heterocycles. The quantitative estimate of drug-likeness (QED) is 0.763. The fourth-order valence-electron chi connectivity index (χ4n) is 3.61. The van der Waals surface area contributed by atoms with Gasteiger partial charge in [0.15, 0.2) is 0 Å². The molecule has 3 atom stereocenters. The molecule has 7 heteroatoms. The zero-order valence-corrected chi connectivity index (χ0v) is 14.6. The Morgan fingerprint density at radius 3 is 3.12 bits per heavy atom. The van der Waals surface area contributed by atoms with E-state index in [2.05, 4.69) is 21.2 Å². The summed E-state index contributed by atoms with van der Waals surface area (Å²) in [6, 6.07) is 3.91. The lowest BCUT2D eigenvalue weighted by Gasteiger charge is -2.38. The lowest BCUT2D eigenvalue weighted by molar-refractivity contribution is 0.0675. The molecular formula is C19H21FN4O2. The second-order valence-electron chi connectivity index (χ2n) is 7.36. The Kier molecular flexibility index (Phi) is 3.94. The third-order valence-corrected chi connectivity index (χ3v) is 4.80. The van der Waals surface area contributed by atoms with Gasteiger partial charge < -0.3 is 20.8 Å². The topological polar surface area (TPSA) is 74.8 Å². The van der Waals surface area contributed by atoms with Crippen molar-refractivity contribution in [1.29, 1.82) is 0 Å². The highest BCUT2D eigenvalue weighted by atomic mass is 19.1. The average Bonchev–Trinajstić information content (AvgIpc) is 3.03. The highest BCUT2D eigenvalue weighted by Gasteiger charge is 2.35. The molecule has 3 aliphatic rings. The minimum Gasteiger partial charge on any atom is -0.487 e. The lowest BCUT2D eigenvalue weighted by atomic mass is 9.89.